The van der Waals surface area contributed by atoms with Gasteiger partial charge in [0.05, 0.1) is 28.3 Å². The molecule has 8 nitrogen and oxygen atoms in total. The van der Waals surface area contributed by atoms with Crippen LogP contribution in [0.3, 0.4) is 0 Å². The first-order chi connectivity index (χ1) is 14.8. The Morgan fingerprint density at radius 3 is 2.42 bits per heavy atom. The number of carbonyl (C=O) groups excluding carboxylic acids is 4. The maximum Gasteiger partial charge on any atom is 0.338 e. The predicted octanol–water partition coefficient (Wildman–Crippen LogP) is 3.14. The van der Waals surface area contributed by atoms with Gasteiger partial charge in [0.2, 0.25) is 0 Å². The van der Waals surface area contributed by atoms with E-state index in [1.165, 1.54) is 30.0 Å². The van der Waals surface area contributed by atoms with Crippen molar-refractivity contribution in [2.75, 3.05) is 11.9 Å². The highest BCUT2D eigenvalue weighted by Gasteiger charge is 2.35. The number of amides is 3. The number of anilines is 1. The molecule has 8 heteroatoms. The van der Waals surface area contributed by atoms with Gasteiger partial charge in [-0.25, -0.2) is 4.79 Å². The molecule has 1 heterocycles. The fraction of sp³-hybridized carbons (Fsp3) is 0.261. The van der Waals surface area contributed by atoms with Gasteiger partial charge in [-0.2, -0.15) is 5.26 Å². The number of imide groups is 1. The van der Waals surface area contributed by atoms with Crippen molar-refractivity contribution in [2.24, 2.45) is 0 Å². The van der Waals surface area contributed by atoms with Crippen LogP contribution in [-0.2, 0) is 9.53 Å². The van der Waals surface area contributed by atoms with Crippen molar-refractivity contribution in [3.63, 3.8) is 0 Å². The molecular formula is C23H21N3O5. The van der Waals surface area contributed by atoms with Gasteiger partial charge in [0, 0.05) is 12.2 Å². The average molecular weight is 419 g/mol. The Kier molecular flexibility index (Phi) is 6.46. The summed E-state index contributed by atoms with van der Waals surface area (Å²) in [6, 6.07) is 12.4. The summed E-state index contributed by atoms with van der Waals surface area (Å²) in [6.07, 6.45) is 0.439. The van der Waals surface area contributed by atoms with Crippen LogP contribution in [0.2, 0.25) is 0 Å². The number of rotatable bonds is 7. The van der Waals surface area contributed by atoms with Crippen molar-refractivity contribution >= 4 is 29.4 Å². The molecule has 1 aliphatic heterocycles. The number of unbranched alkanes of at least 4 members (excludes halogenated alkanes) is 1. The van der Waals surface area contributed by atoms with Crippen molar-refractivity contribution in [3.8, 4) is 6.07 Å². The summed E-state index contributed by atoms with van der Waals surface area (Å²) in [6.45, 7) is 3.71. The molecule has 3 amide bonds. The van der Waals surface area contributed by atoms with Crippen LogP contribution in [0.1, 0.15) is 63.3 Å². The summed E-state index contributed by atoms with van der Waals surface area (Å²) in [4.78, 5) is 50.9. The molecule has 1 aliphatic rings. The number of fused-ring (bicyclic) bond motifs is 1. The highest BCUT2D eigenvalue weighted by molar-refractivity contribution is 6.22. The maximum absolute atomic E-state index is 12.5. The smallest absolute Gasteiger partial charge is 0.338 e. The second-order valence-electron chi connectivity index (χ2n) is 7.10. The number of benzene rings is 2. The Balaban J connectivity index is 1.66. The number of hydrogen-bond acceptors (Lipinski definition) is 6. The molecule has 0 aromatic heterocycles. The highest BCUT2D eigenvalue weighted by atomic mass is 16.5. The molecule has 2 aromatic rings. The standard InChI is InChI=1S/C23H21N3O5/c1-3-4-11-26-21(28)18-10-7-16(12-19(18)22(26)29)23(30)31-14(2)20(27)25-17-8-5-15(13-24)6-9-17/h5-10,12,14H,3-4,11H2,1-2H3,(H,25,27)/t14-/m0/s1. The van der Waals surface area contributed by atoms with E-state index < -0.39 is 23.9 Å². The molecule has 158 valence electrons. The molecule has 0 unspecified atom stereocenters. The number of nitriles is 1. The fourth-order valence-electron chi connectivity index (χ4n) is 3.09. The van der Waals surface area contributed by atoms with Crippen LogP contribution in [0, 0.1) is 11.3 Å². The SMILES string of the molecule is CCCCN1C(=O)c2ccc(C(=O)O[C@@H](C)C(=O)Nc3ccc(C#N)cc3)cc2C1=O. The van der Waals surface area contributed by atoms with Crippen molar-refractivity contribution in [1.29, 1.82) is 5.26 Å². The summed E-state index contributed by atoms with van der Waals surface area (Å²) < 4.78 is 5.22. The average Bonchev–Trinajstić information content (AvgIpc) is 3.01. The van der Waals surface area contributed by atoms with Crippen LogP contribution in [0.15, 0.2) is 42.5 Å². The number of nitrogens with one attached hydrogen (secondary N) is 1. The van der Waals surface area contributed by atoms with E-state index in [0.717, 1.165) is 6.42 Å². The molecule has 2 aromatic carbocycles. The first kappa shape index (κ1) is 21.7. The summed E-state index contributed by atoms with van der Waals surface area (Å²) in [5.41, 5.74) is 1.40. The quantitative estimate of drug-likeness (QED) is 0.544. The second kappa shape index (κ2) is 9.22. The van der Waals surface area contributed by atoms with E-state index >= 15 is 0 Å². The molecule has 1 atom stereocenters. The van der Waals surface area contributed by atoms with Crippen LogP contribution in [-0.4, -0.2) is 41.2 Å². The van der Waals surface area contributed by atoms with E-state index in [-0.39, 0.29) is 22.6 Å². The third-order valence-corrected chi connectivity index (χ3v) is 4.88. The maximum atomic E-state index is 12.5. The summed E-state index contributed by atoms with van der Waals surface area (Å²) in [7, 11) is 0. The van der Waals surface area contributed by atoms with Crippen molar-refractivity contribution in [1.82, 2.24) is 4.90 Å². The Hall–Kier alpha value is -3.99. The molecule has 0 radical (unpaired) electrons. The minimum atomic E-state index is -1.10. The monoisotopic (exact) mass is 419 g/mol. The third kappa shape index (κ3) is 4.61. The lowest BCUT2D eigenvalue weighted by Gasteiger charge is -2.14. The molecule has 0 spiro atoms. The third-order valence-electron chi connectivity index (χ3n) is 4.88. The van der Waals surface area contributed by atoms with Gasteiger partial charge in [-0.05, 0) is 55.8 Å². The van der Waals surface area contributed by atoms with Gasteiger partial charge in [0.25, 0.3) is 17.7 Å². The van der Waals surface area contributed by atoms with Crippen LogP contribution in [0.25, 0.3) is 0 Å². The number of carbonyl (C=O) groups is 4. The lowest BCUT2D eigenvalue weighted by Crippen LogP contribution is -2.30. The largest absolute Gasteiger partial charge is 0.449 e. The van der Waals surface area contributed by atoms with Gasteiger partial charge in [0.15, 0.2) is 6.10 Å². The Labute approximate surface area is 179 Å². The zero-order chi connectivity index (χ0) is 22.5. The minimum Gasteiger partial charge on any atom is -0.449 e. The molecule has 0 saturated heterocycles. The molecule has 31 heavy (non-hydrogen) atoms. The number of esters is 1. The van der Waals surface area contributed by atoms with Gasteiger partial charge >= 0.3 is 5.97 Å². The first-order valence-electron chi connectivity index (χ1n) is 9.88. The van der Waals surface area contributed by atoms with Gasteiger partial charge in [0.1, 0.15) is 0 Å². The number of ether oxygens (including phenoxy) is 1. The van der Waals surface area contributed by atoms with Crippen LogP contribution in [0.5, 0.6) is 0 Å². The molecular weight excluding hydrogens is 398 g/mol. The normalized spacial score (nSPS) is 13.4. The van der Waals surface area contributed by atoms with Crippen molar-refractivity contribution in [3.05, 3.63) is 64.7 Å². The highest BCUT2D eigenvalue weighted by Crippen LogP contribution is 2.25. The van der Waals surface area contributed by atoms with Crippen LogP contribution < -0.4 is 5.32 Å². The Bertz CT molecular complexity index is 1090. The lowest BCUT2D eigenvalue weighted by molar-refractivity contribution is -0.123. The van der Waals surface area contributed by atoms with E-state index in [0.29, 0.717) is 24.2 Å². The van der Waals surface area contributed by atoms with Crippen LogP contribution in [0.4, 0.5) is 5.69 Å². The Morgan fingerprint density at radius 1 is 1.10 bits per heavy atom. The van der Waals surface area contributed by atoms with Crippen molar-refractivity contribution in [2.45, 2.75) is 32.8 Å². The topological polar surface area (TPSA) is 117 Å². The lowest BCUT2D eigenvalue weighted by atomic mass is 10.1. The zero-order valence-electron chi connectivity index (χ0n) is 17.2. The molecule has 1 N–H and O–H groups in total. The summed E-state index contributed by atoms with van der Waals surface area (Å²) in [5, 5.41) is 11.4. The van der Waals surface area contributed by atoms with Crippen molar-refractivity contribution < 1.29 is 23.9 Å². The molecule has 0 saturated carbocycles. The molecule has 3 rings (SSSR count). The Morgan fingerprint density at radius 2 is 1.77 bits per heavy atom. The fourth-order valence-corrected chi connectivity index (χ4v) is 3.09. The first-order valence-corrected chi connectivity index (χ1v) is 9.88. The molecule has 0 aliphatic carbocycles. The second-order valence-corrected chi connectivity index (χ2v) is 7.10. The van der Waals surface area contributed by atoms with E-state index in [9.17, 15) is 19.2 Å². The van der Waals surface area contributed by atoms with E-state index in [4.69, 9.17) is 10.00 Å². The zero-order valence-corrected chi connectivity index (χ0v) is 17.2. The predicted molar refractivity (Wildman–Crippen MR) is 111 cm³/mol. The molecule has 0 fully saturated rings. The van der Waals surface area contributed by atoms with Gasteiger partial charge in [-0.3, -0.25) is 19.3 Å². The van der Waals surface area contributed by atoms with Gasteiger partial charge < -0.3 is 10.1 Å². The minimum absolute atomic E-state index is 0.0789. The van der Waals surface area contributed by atoms with E-state index in [1.807, 2.05) is 13.0 Å². The number of hydrogen-bond donors (Lipinski definition) is 1. The number of nitrogens with zero attached hydrogens (tertiary/aromatic N) is 2. The van der Waals surface area contributed by atoms with E-state index in [2.05, 4.69) is 5.32 Å². The van der Waals surface area contributed by atoms with Gasteiger partial charge in [-0.1, -0.05) is 13.3 Å². The summed E-state index contributed by atoms with van der Waals surface area (Å²) >= 11 is 0. The van der Waals surface area contributed by atoms with Gasteiger partial charge in [-0.15, -0.1) is 0 Å². The van der Waals surface area contributed by atoms with E-state index in [1.54, 1.807) is 24.3 Å². The van der Waals surface area contributed by atoms with Crippen LogP contribution >= 0.6 is 0 Å². The molecule has 0 bridgehead atoms. The summed E-state index contributed by atoms with van der Waals surface area (Å²) in [5.74, 6) is -2.13.